The second kappa shape index (κ2) is 9.11. The lowest BCUT2D eigenvalue weighted by Crippen LogP contribution is -2.36. The van der Waals surface area contributed by atoms with Crippen LogP contribution < -0.4 is 15.4 Å². The van der Waals surface area contributed by atoms with E-state index in [0.717, 1.165) is 30.0 Å². The Morgan fingerprint density at radius 2 is 1.60 bits per heavy atom. The zero-order valence-electron chi connectivity index (χ0n) is 14.5. The van der Waals surface area contributed by atoms with Gasteiger partial charge in [-0.25, -0.2) is 0 Å². The molecule has 0 saturated heterocycles. The Kier molecular flexibility index (Phi) is 6.32. The summed E-state index contributed by atoms with van der Waals surface area (Å²) in [6.07, 6.45) is 6.53. The van der Waals surface area contributed by atoms with Crippen molar-refractivity contribution in [3.05, 3.63) is 54.6 Å². The first kappa shape index (κ1) is 17.3. The fourth-order valence-corrected chi connectivity index (χ4v) is 3.13. The van der Waals surface area contributed by atoms with Crippen molar-refractivity contribution in [2.45, 2.75) is 44.6 Å². The maximum Gasteiger partial charge on any atom is 0.221 e. The lowest BCUT2D eigenvalue weighted by molar-refractivity contribution is -0.121. The van der Waals surface area contributed by atoms with E-state index in [1.165, 1.54) is 19.3 Å². The zero-order valence-corrected chi connectivity index (χ0v) is 14.5. The van der Waals surface area contributed by atoms with Crippen LogP contribution in [-0.4, -0.2) is 18.5 Å². The molecule has 132 valence electrons. The molecular formula is C21H26N2O2. The van der Waals surface area contributed by atoms with E-state index < -0.39 is 0 Å². The van der Waals surface area contributed by atoms with Crippen LogP contribution in [0.4, 0.5) is 5.69 Å². The third-order valence-corrected chi connectivity index (χ3v) is 4.48. The smallest absolute Gasteiger partial charge is 0.221 e. The van der Waals surface area contributed by atoms with Crippen molar-refractivity contribution in [1.82, 2.24) is 5.32 Å². The van der Waals surface area contributed by atoms with Crippen LogP contribution in [-0.2, 0) is 4.79 Å². The van der Waals surface area contributed by atoms with E-state index in [1.54, 1.807) is 0 Å². The first-order valence-electron chi connectivity index (χ1n) is 9.16. The van der Waals surface area contributed by atoms with E-state index in [0.29, 0.717) is 19.0 Å². The molecule has 25 heavy (non-hydrogen) atoms. The molecule has 3 rings (SSSR count). The largest absolute Gasteiger partial charge is 0.457 e. The number of anilines is 1. The van der Waals surface area contributed by atoms with Gasteiger partial charge in [0.1, 0.15) is 11.5 Å². The molecule has 2 aromatic carbocycles. The topological polar surface area (TPSA) is 50.4 Å². The minimum atomic E-state index is 0.142. The minimum Gasteiger partial charge on any atom is -0.457 e. The molecule has 0 atom stereocenters. The number of para-hydroxylation sites is 1. The summed E-state index contributed by atoms with van der Waals surface area (Å²) in [6.45, 7) is 0.636. The number of amides is 1. The van der Waals surface area contributed by atoms with Gasteiger partial charge < -0.3 is 15.4 Å². The van der Waals surface area contributed by atoms with Gasteiger partial charge in [0.05, 0.1) is 0 Å². The van der Waals surface area contributed by atoms with Gasteiger partial charge in [-0.2, -0.15) is 0 Å². The number of carbonyl (C=O) groups is 1. The lowest BCUT2D eigenvalue weighted by atomic mass is 9.95. The molecule has 0 aromatic heterocycles. The average Bonchev–Trinajstić information content (AvgIpc) is 2.65. The highest BCUT2D eigenvalue weighted by Gasteiger charge is 2.15. The molecule has 0 aliphatic heterocycles. The molecule has 0 unspecified atom stereocenters. The summed E-state index contributed by atoms with van der Waals surface area (Å²) in [4.78, 5) is 12.0. The highest BCUT2D eigenvalue weighted by molar-refractivity contribution is 5.76. The summed E-state index contributed by atoms with van der Waals surface area (Å²) in [5, 5.41) is 6.43. The van der Waals surface area contributed by atoms with Crippen LogP contribution in [0.5, 0.6) is 11.5 Å². The fourth-order valence-electron chi connectivity index (χ4n) is 3.13. The van der Waals surface area contributed by atoms with Crippen LogP contribution in [0.3, 0.4) is 0 Å². The number of hydrogen-bond acceptors (Lipinski definition) is 3. The lowest BCUT2D eigenvalue weighted by Gasteiger charge is -2.22. The maximum absolute atomic E-state index is 12.0. The Hall–Kier alpha value is -2.49. The van der Waals surface area contributed by atoms with Gasteiger partial charge in [-0.05, 0) is 49.2 Å². The van der Waals surface area contributed by atoms with Crippen molar-refractivity contribution in [2.24, 2.45) is 0 Å². The van der Waals surface area contributed by atoms with Crippen LogP contribution in [0.2, 0.25) is 0 Å². The van der Waals surface area contributed by atoms with Gasteiger partial charge in [0.2, 0.25) is 5.91 Å². The minimum absolute atomic E-state index is 0.142. The molecule has 2 N–H and O–H groups in total. The normalized spacial score (nSPS) is 14.7. The van der Waals surface area contributed by atoms with Gasteiger partial charge in [-0.3, -0.25) is 4.79 Å². The van der Waals surface area contributed by atoms with Gasteiger partial charge in [-0.1, -0.05) is 37.5 Å². The summed E-state index contributed by atoms with van der Waals surface area (Å²) >= 11 is 0. The Balaban J connectivity index is 1.39. The predicted octanol–water partition coefficient (Wildman–Crippen LogP) is 4.73. The molecule has 0 heterocycles. The number of carbonyl (C=O) groups excluding carboxylic acids is 1. The summed E-state index contributed by atoms with van der Waals surface area (Å²) in [5.74, 6) is 1.76. The average molecular weight is 338 g/mol. The molecular weight excluding hydrogens is 312 g/mol. The van der Waals surface area contributed by atoms with E-state index in [9.17, 15) is 4.79 Å². The Morgan fingerprint density at radius 3 is 2.32 bits per heavy atom. The van der Waals surface area contributed by atoms with E-state index in [-0.39, 0.29) is 5.91 Å². The number of nitrogens with one attached hydrogen (secondary N) is 2. The molecule has 1 aliphatic carbocycles. The van der Waals surface area contributed by atoms with E-state index in [1.807, 2.05) is 54.6 Å². The van der Waals surface area contributed by atoms with Crippen LogP contribution >= 0.6 is 0 Å². The maximum atomic E-state index is 12.0. The first-order valence-corrected chi connectivity index (χ1v) is 9.16. The summed E-state index contributed by atoms with van der Waals surface area (Å²) < 4.78 is 5.77. The molecule has 1 amide bonds. The van der Waals surface area contributed by atoms with Crippen molar-refractivity contribution in [1.29, 1.82) is 0 Å². The molecule has 0 radical (unpaired) electrons. The van der Waals surface area contributed by atoms with Crippen LogP contribution in [0.1, 0.15) is 38.5 Å². The summed E-state index contributed by atoms with van der Waals surface area (Å²) in [7, 11) is 0. The van der Waals surface area contributed by atoms with E-state index >= 15 is 0 Å². The number of ether oxygens (including phenoxy) is 1. The molecule has 0 spiro atoms. The van der Waals surface area contributed by atoms with Crippen molar-refractivity contribution in [3.63, 3.8) is 0 Å². The van der Waals surface area contributed by atoms with Crippen molar-refractivity contribution < 1.29 is 9.53 Å². The van der Waals surface area contributed by atoms with Gasteiger partial charge >= 0.3 is 0 Å². The molecule has 1 aliphatic rings. The van der Waals surface area contributed by atoms with Crippen LogP contribution in [0, 0.1) is 0 Å². The van der Waals surface area contributed by atoms with Crippen LogP contribution in [0.15, 0.2) is 54.6 Å². The highest BCUT2D eigenvalue weighted by atomic mass is 16.5. The molecule has 4 heteroatoms. The van der Waals surface area contributed by atoms with Gasteiger partial charge in [0.15, 0.2) is 0 Å². The highest BCUT2D eigenvalue weighted by Crippen LogP contribution is 2.22. The number of benzene rings is 2. The van der Waals surface area contributed by atoms with E-state index in [4.69, 9.17) is 4.74 Å². The van der Waals surface area contributed by atoms with Crippen molar-refractivity contribution in [3.8, 4) is 11.5 Å². The third-order valence-electron chi connectivity index (χ3n) is 4.48. The second-order valence-electron chi connectivity index (χ2n) is 6.52. The quantitative estimate of drug-likeness (QED) is 0.767. The molecule has 0 bridgehead atoms. The SMILES string of the molecule is O=C(CCNc1ccc(Oc2ccccc2)cc1)NC1CCCCC1. The summed E-state index contributed by atoms with van der Waals surface area (Å²) in [5.41, 5.74) is 0.992. The van der Waals surface area contributed by atoms with Crippen LogP contribution in [0.25, 0.3) is 0 Å². The first-order chi connectivity index (χ1) is 12.3. The monoisotopic (exact) mass is 338 g/mol. The molecule has 1 saturated carbocycles. The van der Waals surface area contributed by atoms with Crippen molar-refractivity contribution in [2.75, 3.05) is 11.9 Å². The van der Waals surface area contributed by atoms with Crippen molar-refractivity contribution >= 4 is 11.6 Å². The fraction of sp³-hybridized carbons (Fsp3) is 0.381. The number of rotatable bonds is 7. The summed E-state index contributed by atoms with van der Waals surface area (Å²) in [6, 6.07) is 17.9. The predicted molar refractivity (Wildman–Crippen MR) is 101 cm³/mol. The Labute approximate surface area is 149 Å². The van der Waals surface area contributed by atoms with Gasteiger partial charge in [0.25, 0.3) is 0 Å². The molecule has 1 fully saturated rings. The second-order valence-corrected chi connectivity index (χ2v) is 6.52. The third kappa shape index (κ3) is 5.82. The van der Waals surface area contributed by atoms with E-state index in [2.05, 4.69) is 10.6 Å². The number of hydrogen-bond donors (Lipinski definition) is 2. The standard InChI is InChI=1S/C21H26N2O2/c24-21(23-18-7-3-1-4-8-18)15-16-22-17-11-13-20(14-12-17)25-19-9-5-2-6-10-19/h2,5-6,9-14,18,22H,1,3-4,7-8,15-16H2,(H,23,24). The van der Waals surface area contributed by atoms with Gasteiger partial charge in [0, 0.05) is 24.7 Å². The molecule has 2 aromatic rings. The Morgan fingerprint density at radius 1 is 0.920 bits per heavy atom. The Bertz CT molecular complexity index is 649. The molecule has 4 nitrogen and oxygen atoms in total. The zero-order chi connectivity index (χ0) is 17.3. The van der Waals surface area contributed by atoms with Gasteiger partial charge in [-0.15, -0.1) is 0 Å².